The first kappa shape index (κ1) is 17.6. The average Bonchev–Trinajstić information content (AvgIpc) is 2.56. The predicted octanol–water partition coefficient (Wildman–Crippen LogP) is 5.08. The number of hydrogen-bond donors (Lipinski definition) is 0. The van der Waals surface area contributed by atoms with Crippen molar-refractivity contribution in [3.8, 4) is 0 Å². The summed E-state index contributed by atoms with van der Waals surface area (Å²) in [6, 6.07) is 10.8. The van der Waals surface area contributed by atoms with E-state index in [1.54, 1.807) is 12.7 Å². The highest BCUT2D eigenvalue weighted by Crippen LogP contribution is 2.30. The van der Waals surface area contributed by atoms with E-state index in [9.17, 15) is 0 Å². The number of rotatable bonds is 8. The molecule has 0 atom stereocenters. The Hall–Kier alpha value is -1.77. The minimum Gasteiger partial charge on any atom is -0.225 e. The van der Waals surface area contributed by atoms with Gasteiger partial charge in [0.05, 0.1) is 0 Å². The Morgan fingerprint density at radius 3 is 1.91 bits per heavy atom. The molecule has 1 heterocycles. The fraction of sp³-hybridized carbons (Fsp3) is 0.550. The third-order valence-corrected chi connectivity index (χ3v) is 4.76. The fourth-order valence-electron chi connectivity index (χ4n) is 3.04. The van der Waals surface area contributed by atoms with Gasteiger partial charge in [-0.3, -0.25) is 0 Å². The predicted molar refractivity (Wildman–Crippen MR) is 95.4 cm³/mol. The van der Waals surface area contributed by atoms with E-state index in [1.165, 1.54) is 31.2 Å². The van der Waals surface area contributed by atoms with Crippen LogP contribution in [0.4, 0.5) is 0 Å². The molecule has 23 heavy (non-hydrogen) atoms. The lowest BCUT2D eigenvalue weighted by Crippen LogP contribution is -2.21. The van der Waals surface area contributed by atoms with Crippen LogP contribution in [0.1, 0.15) is 71.2 Å². The monoisotopic (exact) mass is 311 g/mol. The van der Waals surface area contributed by atoms with Crippen LogP contribution in [-0.2, 0) is 10.8 Å². The van der Waals surface area contributed by atoms with Crippen LogP contribution in [0, 0.1) is 0 Å². The van der Waals surface area contributed by atoms with Gasteiger partial charge in [0.25, 0.3) is 0 Å². The molecule has 0 aliphatic carbocycles. The maximum atomic E-state index is 4.31. The van der Waals surface area contributed by atoms with Gasteiger partial charge in [0.2, 0.25) is 0 Å². The quantitative estimate of drug-likeness (QED) is 0.638. The average molecular weight is 311 g/mol. The minimum absolute atomic E-state index is 0.0257. The van der Waals surface area contributed by atoms with Gasteiger partial charge < -0.3 is 0 Å². The van der Waals surface area contributed by atoms with Gasteiger partial charge in [0, 0.05) is 5.41 Å². The molecule has 0 radical (unpaired) electrons. The van der Waals surface area contributed by atoms with Crippen molar-refractivity contribution >= 4 is 0 Å². The van der Waals surface area contributed by atoms with Crippen LogP contribution in [0.15, 0.2) is 43.0 Å². The first-order chi connectivity index (χ1) is 10.9. The van der Waals surface area contributed by atoms with Gasteiger partial charge in [-0.2, -0.15) is 0 Å². The van der Waals surface area contributed by atoms with Gasteiger partial charge in [0.1, 0.15) is 18.5 Å². The Morgan fingerprint density at radius 2 is 1.30 bits per heavy atom. The molecule has 2 rings (SSSR count). The normalized spacial score (nSPS) is 12.3. The molecule has 0 saturated carbocycles. The topological polar surface area (TPSA) is 38.7 Å². The first-order valence-electron chi connectivity index (χ1n) is 8.60. The Balaban J connectivity index is 1.76. The molecule has 0 bridgehead atoms. The van der Waals surface area contributed by atoms with E-state index < -0.39 is 0 Å². The SMILES string of the molecule is CC(C)(CCCCCC(C)(C)c1ncncn1)c1ccccc1. The number of aromatic nitrogens is 3. The Bertz CT molecular complexity index is 523. The van der Waals surface area contributed by atoms with Crippen LogP contribution in [0.2, 0.25) is 0 Å². The van der Waals surface area contributed by atoms with E-state index in [0.717, 1.165) is 12.2 Å². The zero-order chi connectivity index (χ0) is 16.8. The van der Waals surface area contributed by atoms with E-state index in [1.807, 2.05) is 0 Å². The van der Waals surface area contributed by atoms with Crippen LogP contribution in [0.5, 0.6) is 0 Å². The molecule has 124 valence electrons. The molecular weight excluding hydrogens is 282 g/mol. The van der Waals surface area contributed by atoms with Gasteiger partial charge in [-0.05, 0) is 23.8 Å². The van der Waals surface area contributed by atoms with Gasteiger partial charge in [-0.15, -0.1) is 0 Å². The first-order valence-corrected chi connectivity index (χ1v) is 8.60. The molecule has 2 aromatic rings. The Morgan fingerprint density at radius 1 is 0.739 bits per heavy atom. The molecule has 0 amide bonds. The van der Waals surface area contributed by atoms with Crippen molar-refractivity contribution in [3.05, 3.63) is 54.4 Å². The second-order valence-corrected chi connectivity index (χ2v) is 7.66. The molecule has 0 aliphatic heterocycles. The highest BCUT2D eigenvalue weighted by Gasteiger charge is 2.23. The molecule has 0 unspecified atom stereocenters. The second kappa shape index (κ2) is 7.67. The summed E-state index contributed by atoms with van der Waals surface area (Å²) in [5.74, 6) is 0.900. The molecule has 0 saturated heterocycles. The number of nitrogens with zero attached hydrogens (tertiary/aromatic N) is 3. The maximum absolute atomic E-state index is 4.31. The summed E-state index contributed by atoms with van der Waals surface area (Å²) < 4.78 is 0. The summed E-state index contributed by atoms with van der Waals surface area (Å²) in [4.78, 5) is 12.5. The van der Waals surface area contributed by atoms with Crippen LogP contribution in [-0.4, -0.2) is 15.0 Å². The number of unbranched alkanes of at least 4 members (excludes halogenated alkanes) is 2. The summed E-state index contributed by atoms with van der Waals surface area (Å²) in [6.07, 6.45) is 9.24. The molecule has 3 heteroatoms. The Kier molecular flexibility index (Phi) is 5.86. The maximum Gasteiger partial charge on any atom is 0.137 e. The molecular formula is C20H29N3. The minimum atomic E-state index is 0.0257. The van der Waals surface area contributed by atoms with Crippen LogP contribution >= 0.6 is 0 Å². The van der Waals surface area contributed by atoms with E-state index in [4.69, 9.17) is 0 Å². The van der Waals surface area contributed by atoms with E-state index in [2.05, 4.69) is 73.0 Å². The van der Waals surface area contributed by atoms with Crippen molar-refractivity contribution in [3.63, 3.8) is 0 Å². The highest BCUT2D eigenvalue weighted by molar-refractivity contribution is 5.23. The summed E-state index contributed by atoms with van der Waals surface area (Å²) in [5, 5.41) is 0. The largest absolute Gasteiger partial charge is 0.225 e. The molecule has 0 fully saturated rings. The number of hydrogen-bond acceptors (Lipinski definition) is 3. The molecule has 0 N–H and O–H groups in total. The van der Waals surface area contributed by atoms with Crippen molar-refractivity contribution < 1.29 is 0 Å². The molecule has 3 nitrogen and oxygen atoms in total. The van der Waals surface area contributed by atoms with Crippen LogP contribution in [0.3, 0.4) is 0 Å². The summed E-state index contributed by atoms with van der Waals surface area (Å²) >= 11 is 0. The molecule has 1 aromatic heterocycles. The molecule has 1 aromatic carbocycles. The number of benzene rings is 1. The molecule has 0 spiro atoms. The zero-order valence-corrected chi connectivity index (χ0v) is 14.9. The smallest absolute Gasteiger partial charge is 0.137 e. The van der Waals surface area contributed by atoms with Crippen molar-refractivity contribution in [2.75, 3.05) is 0 Å². The lowest BCUT2D eigenvalue weighted by molar-refractivity contribution is 0.399. The van der Waals surface area contributed by atoms with Crippen molar-refractivity contribution in [1.29, 1.82) is 0 Å². The summed E-state index contributed by atoms with van der Waals surface area (Å²) in [6.45, 7) is 9.13. The van der Waals surface area contributed by atoms with E-state index >= 15 is 0 Å². The van der Waals surface area contributed by atoms with Gasteiger partial charge in [0.15, 0.2) is 0 Å². The second-order valence-electron chi connectivity index (χ2n) is 7.66. The van der Waals surface area contributed by atoms with E-state index in [0.29, 0.717) is 0 Å². The van der Waals surface area contributed by atoms with Crippen LogP contribution < -0.4 is 0 Å². The van der Waals surface area contributed by atoms with Crippen molar-refractivity contribution in [2.24, 2.45) is 0 Å². The van der Waals surface area contributed by atoms with Crippen molar-refractivity contribution in [1.82, 2.24) is 15.0 Å². The third-order valence-electron chi connectivity index (χ3n) is 4.76. The van der Waals surface area contributed by atoms with Gasteiger partial charge >= 0.3 is 0 Å². The zero-order valence-electron chi connectivity index (χ0n) is 14.9. The van der Waals surface area contributed by atoms with E-state index in [-0.39, 0.29) is 10.8 Å². The standard InChI is InChI=1S/C20H29N3/c1-19(2,17-11-7-5-8-12-17)13-9-6-10-14-20(3,4)18-22-15-21-16-23-18/h5,7-8,11-12,15-16H,6,9-10,13-14H2,1-4H3. The van der Waals surface area contributed by atoms with Gasteiger partial charge in [-0.1, -0.05) is 77.3 Å². The lowest BCUT2D eigenvalue weighted by atomic mass is 9.79. The van der Waals surface area contributed by atoms with Gasteiger partial charge in [-0.25, -0.2) is 15.0 Å². The highest BCUT2D eigenvalue weighted by atomic mass is 15.0. The molecule has 0 aliphatic rings. The third kappa shape index (κ3) is 5.12. The lowest BCUT2D eigenvalue weighted by Gasteiger charge is -2.26. The summed E-state index contributed by atoms with van der Waals surface area (Å²) in [5.41, 5.74) is 1.72. The fourth-order valence-corrected chi connectivity index (χ4v) is 3.04. The Labute approximate surface area is 140 Å². The summed E-state index contributed by atoms with van der Waals surface area (Å²) in [7, 11) is 0. The van der Waals surface area contributed by atoms with Crippen molar-refractivity contribution in [2.45, 2.75) is 70.6 Å². The van der Waals surface area contributed by atoms with Crippen LogP contribution in [0.25, 0.3) is 0 Å².